The normalized spacial score (nSPS) is 10.0. The molecule has 120 valence electrons. The lowest BCUT2D eigenvalue weighted by atomic mass is 10.1. The van der Waals surface area contributed by atoms with Gasteiger partial charge in [0.2, 0.25) is 5.91 Å². The molecule has 3 N–H and O–H groups in total. The Morgan fingerprint density at radius 1 is 1.17 bits per heavy atom. The van der Waals surface area contributed by atoms with Gasteiger partial charge in [-0.05, 0) is 58.0 Å². The fraction of sp³-hybridized carbons (Fsp3) is 0.133. The van der Waals surface area contributed by atoms with Gasteiger partial charge < -0.3 is 15.1 Å². The van der Waals surface area contributed by atoms with E-state index in [9.17, 15) is 9.59 Å². The van der Waals surface area contributed by atoms with E-state index in [2.05, 4.69) is 31.9 Å². The number of likely N-dealkylation sites (N-methyl/N-ethyl adjacent to an activating group) is 1. The van der Waals surface area contributed by atoms with Crippen molar-refractivity contribution in [1.29, 1.82) is 0 Å². The lowest BCUT2D eigenvalue weighted by molar-refractivity contribution is -0.119. The van der Waals surface area contributed by atoms with Crippen LogP contribution in [0.1, 0.15) is 16.1 Å². The van der Waals surface area contributed by atoms with Crippen molar-refractivity contribution in [3.63, 3.8) is 0 Å². The van der Waals surface area contributed by atoms with Crippen molar-refractivity contribution in [2.75, 3.05) is 12.4 Å². The van der Waals surface area contributed by atoms with Gasteiger partial charge in [0, 0.05) is 12.7 Å². The number of rotatable bonds is 4. The lowest BCUT2D eigenvalue weighted by Crippen LogP contribution is -2.33. The van der Waals surface area contributed by atoms with Crippen molar-refractivity contribution in [2.45, 2.75) is 6.42 Å². The summed E-state index contributed by atoms with van der Waals surface area (Å²) in [6, 6.07) is 10.3. The van der Waals surface area contributed by atoms with E-state index in [1.165, 1.54) is 6.07 Å². The highest BCUT2D eigenvalue weighted by Gasteiger charge is 2.12. The SMILES string of the molecule is CNC(=O)Cc1ccc(NC(=S)NC(=O)c2ccc(Br)o2)cc1. The third kappa shape index (κ3) is 5.19. The van der Waals surface area contributed by atoms with Crippen molar-refractivity contribution in [2.24, 2.45) is 0 Å². The third-order valence-corrected chi connectivity index (χ3v) is 3.51. The molecule has 0 saturated carbocycles. The first kappa shape index (κ1) is 17.2. The Labute approximate surface area is 146 Å². The van der Waals surface area contributed by atoms with Crippen LogP contribution >= 0.6 is 28.1 Å². The highest BCUT2D eigenvalue weighted by Crippen LogP contribution is 2.14. The molecular weight excluding hydrogens is 382 g/mol. The first-order valence-electron chi connectivity index (χ1n) is 6.65. The van der Waals surface area contributed by atoms with Crippen LogP contribution in [0, 0.1) is 0 Å². The summed E-state index contributed by atoms with van der Waals surface area (Å²) in [6.07, 6.45) is 0.311. The molecule has 0 radical (unpaired) electrons. The molecule has 2 rings (SSSR count). The van der Waals surface area contributed by atoms with E-state index in [-0.39, 0.29) is 16.8 Å². The predicted molar refractivity (Wildman–Crippen MR) is 94.3 cm³/mol. The van der Waals surface area contributed by atoms with Crippen LogP contribution < -0.4 is 16.0 Å². The van der Waals surface area contributed by atoms with E-state index >= 15 is 0 Å². The first-order valence-corrected chi connectivity index (χ1v) is 7.85. The van der Waals surface area contributed by atoms with Gasteiger partial charge in [0.05, 0.1) is 6.42 Å². The molecule has 0 fully saturated rings. The number of hydrogen-bond acceptors (Lipinski definition) is 4. The Hall–Kier alpha value is -2.19. The second kappa shape index (κ2) is 7.89. The van der Waals surface area contributed by atoms with E-state index in [0.29, 0.717) is 16.8 Å². The van der Waals surface area contributed by atoms with Crippen LogP contribution in [-0.2, 0) is 11.2 Å². The zero-order chi connectivity index (χ0) is 16.8. The van der Waals surface area contributed by atoms with Crippen LogP contribution in [0.25, 0.3) is 0 Å². The second-order valence-electron chi connectivity index (χ2n) is 4.56. The Morgan fingerprint density at radius 2 is 1.87 bits per heavy atom. The van der Waals surface area contributed by atoms with Crippen LogP contribution in [0.3, 0.4) is 0 Å². The maximum absolute atomic E-state index is 11.9. The van der Waals surface area contributed by atoms with Crippen molar-refractivity contribution >= 4 is 50.8 Å². The number of carbonyl (C=O) groups excluding carboxylic acids is 2. The van der Waals surface area contributed by atoms with Gasteiger partial charge in [0.1, 0.15) is 0 Å². The Balaban J connectivity index is 1.90. The van der Waals surface area contributed by atoms with Gasteiger partial charge in [-0.15, -0.1) is 0 Å². The third-order valence-electron chi connectivity index (χ3n) is 2.88. The molecule has 0 bridgehead atoms. The van der Waals surface area contributed by atoms with Crippen molar-refractivity contribution in [3.8, 4) is 0 Å². The number of furan rings is 1. The molecule has 2 aromatic rings. The number of carbonyl (C=O) groups is 2. The number of benzene rings is 1. The summed E-state index contributed by atoms with van der Waals surface area (Å²) in [5, 5.41) is 8.12. The number of nitrogens with one attached hydrogen (secondary N) is 3. The molecular formula is C15H14BrN3O3S. The van der Waals surface area contributed by atoms with Crippen LogP contribution in [0.2, 0.25) is 0 Å². The predicted octanol–water partition coefficient (Wildman–Crippen LogP) is 2.46. The van der Waals surface area contributed by atoms with Gasteiger partial charge in [0.25, 0.3) is 5.91 Å². The summed E-state index contributed by atoms with van der Waals surface area (Å²) in [5.74, 6) is -0.343. The zero-order valence-electron chi connectivity index (χ0n) is 12.2. The summed E-state index contributed by atoms with van der Waals surface area (Å²) in [4.78, 5) is 23.2. The molecule has 6 nitrogen and oxygen atoms in total. The fourth-order valence-corrected chi connectivity index (χ4v) is 2.26. The molecule has 2 amide bonds. The molecule has 8 heteroatoms. The van der Waals surface area contributed by atoms with Crippen molar-refractivity contribution in [3.05, 3.63) is 52.4 Å². The minimum absolute atomic E-state index is 0.0573. The molecule has 1 aromatic carbocycles. The molecule has 1 aromatic heterocycles. The number of halogens is 1. The molecule has 0 aliphatic rings. The summed E-state index contributed by atoms with van der Waals surface area (Å²) in [5.41, 5.74) is 1.59. The van der Waals surface area contributed by atoms with E-state index in [4.69, 9.17) is 16.6 Å². The number of hydrogen-bond donors (Lipinski definition) is 3. The van der Waals surface area contributed by atoms with Crippen molar-refractivity contribution < 1.29 is 14.0 Å². The van der Waals surface area contributed by atoms with Crippen LogP contribution in [0.4, 0.5) is 5.69 Å². The van der Waals surface area contributed by atoms with Gasteiger partial charge in [-0.3, -0.25) is 14.9 Å². The van der Waals surface area contributed by atoms with Gasteiger partial charge in [-0.25, -0.2) is 0 Å². The van der Waals surface area contributed by atoms with E-state index in [0.717, 1.165) is 5.56 Å². The number of anilines is 1. The van der Waals surface area contributed by atoms with Crippen LogP contribution in [-0.4, -0.2) is 24.0 Å². The molecule has 0 atom stereocenters. The monoisotopic (exact) mass is 395 g/mol. The largest absolute Gasteiger partial charge is 0.444 e. The fourth-order valence-electron chi connectivity index (χ4n) is 1.74. The Bertz CT molecular complexity index is 728. The van der Waals surface area contributed by atoms with E-state index < -0.39 is 5.91 Å². The van der Waals surface area contributed by atoms with Crippen LogP contribution in [0.5, 0.6) is 0 Å². The van der Waals surface area contributed by atoms with Gasteiger partial charge in [-0.2, -0.15) is 0 Å². The van der Waals surface area contributed by atoms with Gasteiger partial charge in [-0.1, -0.05) is 12.1 Å². The van der Waals surface area contributed by atoms with Crippen molar-refractivity contribution in [1.82, 2.24) is 10.6 Å². The molecule has 0 spiro atoms. The quantitative estimate of drug-likeness (QED) is 0.692. The summed E-state index contributed by atoms with van der Waals surface area (Å²) < 4.78 is 5.61. The number of amides is 2. The molecule has 0 saturated heterocycles. The Morgan fingerprint density at radius 3 is 2.43 bits per heavy atom. The standard InChI is InChI=1S/C15H14BrN3O3S/c1-17-13(20)8-9-2-4-10(5-3-9)18-15(23)19-14(21)11-6-7-12(16)22-11/h2-7H,8H2,1H3,(H,17,20)(H2,18,19,21,23). The molecule has 0 unspecified atom stereocenters. The highest BCUT2D eigenvalue weighted by atomic mass is 79.9. The lowest BCUT2D eigenvalue weighted by Gasteiger charge is -2.09. The molecule has 1 heterocycles. The van der Waals surface area contributed by atoms with Gasteiger partial charge in [0.15, 0.2) is 15.5 Å². The highest BCUT2D eigenvalue weighted by molar-refractivity contribution is 9.10. The maximum Gasteiger partial charge on any atom is 0.293 e. The maximum atomic E-state index is 11.9. The van der Waals surface area contributed by atoms with Gasteiger partial charge >= 0.3 is 0 Å². The summed E-state index contributed by atoms with van der Waals surface area (Å²) >= 11 is 8.21. The zero-order valence-corrected chi connectivity index (χ0v) is 14.6. The molecule has 0 aliphatic carbocycles. The Kier molecular flexibility index (Phi) is 5.89. The molecule has 0 aliphatic heterocycles. The average molecular weight is 396 g/mol. The summed E-state index contributed by atoms with van der Waals surface area (Å²) in [6.45, 7) is 0. The summed E-state index contributed by atoms with van der Waals surface area (Å²) in [7, 11) is 1.59. The second-order valence-corrected chi connectivity index (χ2v) is 5.75. The number of thiocarbonyl (C=S) groups is 1. The smallest absolute Gasteiger partial charge is 0.293 e. The average Bonchev–Trinajstić information content (AvgIpc) is 2.95. The minimum atomic E-state index is -0.440. The minimum Gasteiger partial charge on any atom is -0.444 e. The van der Waals surface area contributed by atoms with Crippen LogP contribution in [0.15, 0.2) is 45.5 Å². The topological polar surface area (TPSA) is 83.4 Å². The first-order chi connectivity index (χ1) is 11.0. The molecule has 23 heavy (non-hydrogen) atoms. The van der Waals surface area contributed by atoms with E-state index in [1.807, 2.05) is 12.1 Å². The van der Waals surface area contributed by atoms with E-state index in [1.54, 1.807) is 25.2 Å².